The highest BCUT2D eigenvalue weighted by Gasteiger charge is 2.32. The first-order valence-corrected chi connectivity index (χ1v) is 9.17. The second-order valence-corrected chi connectivity index (χ2v) is 7.33. The molecular weight excluding hydrogens is 321 g/mol. The zero-order valence-electron chi connectivity index (χ0n) is 15.0. The Morgan fingerprint density at radius 2 is 2.00 bits per heavy atom. The van der Waals surface area contributed by atoms with Gasteiger partial charge in [0.2, 0.25) is 5.91 Å². The summed E-state index contributed by atoms with van der Waals surface area (Å²) in [6.45, 7) is 5.58. The number of rotatable bonds is 4. The van der Waals surface area contributed by atoms with Crippen molar-refractivity contribution in [3.8, 4) is 0 Å². The molecule has 0 bridgehead atoms. The Balaban J connectivity index is 1.75. The van der Waals surface area contributed by atoms with Crippen molar-refractivity contribution in [3.05, 3.63) is 29.6 Å². The number of carbonyl (C=O) groups is 1. The van der Waals surface area contributed by atoms with Crippen LogP contribution in [0.3, 0.4) is 0 Å². The van der Waals surface area contributed by atoms with Crippen LogP contribution in [0.4, 0.5) is 10.1 Å². The van der Waals surface area contributed by atoms with Crippen LogP contribution in [-0.2, 0) is 4.79 Å². The molecule has 138 valence electrons. The Hall–Kier alpha value is -1.66. The molecule has 1 aromatic carbocycles. The van der Waals surface area contributed by atoms with Gasteiger partial charge in [0.05, 0.1) is 18.1 Å². The molecule has 1 aromatic rings. The summed E-state index contributed by atoms with van der Waals surface area (Å²) in [4.78, 5) is 17.0. The molecule has 0 aromatic heterocycles. The molecule has 3 atom stereocenters. The van der Waals surface area contributed by atoms with E-state index in [9.17, 15) is 14.3 Å². The number of aliphatic hydroxyl groups is 1. The maximum absolute atomic E-state index is 13.9. The number of likely N-dealkylation sites (N-methyl/N-ethyl adjacent to an activating group) is 1. The van der Waals surface area contributed by atoms with E-state index in [1.165, 1.54) is 12.1 Å². The van der Waals surface area contributed by atoms with Crippen LogP contribution < -0.4 is 10.2 Å². The van der Waals surface area contributed by atoms with Crippen LogP contribution in [0.5, 0.6) is 0 Å². The third kappa shape index (κ3) is 4.12. The van der Waals surface area contributed by atoms with Crippen LogP contribution in [0, 0.1) is 11.7 Å². The van der Waals surface area contributed by atoms with Crippen molar-refractivity contribution in [3.63, 3.8) is 0 Å². The van der Waals surface area contributed by atoms with Gasteiger partial charge in [-0.25, -0.2) is 4.39 Å². The topological polar surface area (TPSA) is 55.8 Å². The average Bonchev–Trinajstić information content (AvgIpc) is 3.02. The monoisotopic (exact) mass is 349 g/mol. The summed E-state index contributed by atoms with van der Waals surface area (Å²) >= 11 is 0. The third-order valence-corrected chi connectivity index (χ3v) is 5.48. The lowest BCUT2D eigenvalue weighted by Gasteiger charge is -2.36. The SMILES string of the molecule is CC(NC(=O)C1CCCC1O)c1cc(F)ccc1N1CCN(C)CC1. The first-order valence-electron chi connectivity index (χ1n) is 9.17. The summed E-state index contributed by atoms with van der Waals surface area (Å²) in [5.41, 5.74) is 1.78. The lowest BCUT2D eigenvalue weighted by molar-refractivity contribution is -0.128. The summed E-state index contributed by atoms with van der Waals surface area (Å²) < 4.78 is 13.9. The lowest BCUT2D eigenvalue weighted by atomic mass is 10.0. The van der Waals surface area contributed by atoms with Gasteiger partial charge in [0.25, 0.3) is 0 Å². The van der Waals surface area contributed by atoms with E-state index in [1.54, 1.807) is 0 Å². The number of piperazine rings is 1. The van der Waals surface area contributed by atoms with Gasteiger partial charge in [0.15, 0.2) is 0 Å². The molecule has 2 N–H and O–H groups in total. The number of nitrogens with zero attached hydrogens (tertiary/aromatic N) is 2. The molecule has 3 unspecified atom stereocenters. The molecule has 5 nitrogen and oxygen atoms in total. The molecule has 25 heavy (non-hydrogen) atoms. The molecule has 6 heteroatoms. The van der Waals surface area contributed by atoms with Crippen molar-refractivity contribution >= 4 is 11.6 Å². The molecule has 1 saturated heterocycles. The minimum Gasteiger partial charge on any atom is -0.392 e. The molecule has 2 fully saturated rings. The zero-order valence-corrected chi connectivity index (χ0v) is 15.0. The van der Waals surface area contributed by atoms with Crippen LogP contribution in [0.15, 0.2) is 18.2 Å². The van der Waals surface area contributed by atoms with Crippen LogP contribution in [0.25, 0.3) is 0 Å². The number of nitrogens with one attached hydrogen (secondary N) is 1. The van der Waals surface area contributed by atoms with E-state index in [1.807, 2.05) is 13.0 Å². The fourth-order valence-corrected chi connectivity index (χ4v) is 3.85. The minimum absolute atomic E-state index is 0.133. The number of hydrogen-bond acceptors (Lipinski definition) is 4. The highest BCUT2D eigenvalue weighted by molar-refractivity contribution is 5.80. The largest absolute Gasteiger partial charge is 0.392 e. The summed E-state index contributed by atoms with van der Waals surface area (Å²) in [5.74, 6) is -0.774. The van der Waals surface area contributed by atoms with E-state index in [4.69, 9.17) is 0 Å². The fourth-order valence-electron chi connectivity index (χ4n) is 3.85. The van der Waals surface area contributed by atoms with Crippen LogP contribution >= 0.6 is 0 Å². The first-order chi connectivity index (χ1) is 12.0. The molecular formula is C19H28FN3O2. The second-order valence-electron chi connectivity index (χ2n) is 7.33. The Labute approximate surface area is 148 Å². The Morgan fingerprint density at radius 1 is 1.28 bits per heavy atom. The van der Waals surface area contributed by atoms with Gasteiger partial charge in [-0.2, -0.15) is 0 Å². The smallest absolute Gasteiger partial charge is 0.226 e. The van der Waals surface area contributed by atoms with Crippen molar-refractivity contribution in [1.82, 2.24) is 10.2 Å². The maximum Gasteiger partial charge on any atom is 0.226 e. The first kappa shape index (κ1) is 18.1. The third-order valence-electron chi connectivity index (χ3n) is 5.48. The van der Waals surface area contributed by atoms with Gasteiger partial charge in [0.1, 0.15) is 5.82 Å². The molecule has 3 rings (SSSR count). The zero-order chi connectivity index (χ0) is 18.0. The standard InChI is InChI=1S/C19H28FN3O2/c1-13(21-19(25)15-4-3-5-18(15)24)16-12-14(20)6-7-17(16)23-10-8-22(2)9-11-23/h6-7,12-13,15,18,24H,3-5,8-11H2,1-2H3,(H,21,25). The van der Waals surface area contributed by atoms with Crippen molar-refractivity contribution in [2.75, 3.05) is 38.1 Å². The van der Waals surface area contributed by atoms with Gasteiger partial charge in [-0.05, 0) is 51.4 Å². The Morgan fingerprint density at radius 3 is 2.64 bits per heavy atom. The lowest BCUT2D eigenvalue weighted by Crippen LogP contribution is -2.45. The minimum atomic E-state index is -0.559. The molecule has 0 radical (unpaired) electrons. The second kappa shape index (κ2) is 7.70. The summed E-state index contributed by atoms with van der Waals surface area (Å²) in [7, 11) is 2.10. The average molecular weight is 349 g/mol. The van der Waals surface area contributed by atoms with Crippen molar-refractivity contribution in [2.24, 2.45) is 5.92 Å². The maximum atomic E-state index is 13.9. The van der Waals surface area contributed by atoms with Crippen LogP contribution in [0.2, 0.25) is 0 Å². The predicted octanol–water partition coefficient (Wildman–Crippen LogP) is 1.92. The van der Waals surface area contributed by atoms with Crippen LogP contribution in [0.1, 0.15) is 37.8 Å². The number of hydrogen-bond donors (Lipinski definition) is 2. The van der Waals surface area contributed by atoms with Gasteiger partial charge in [-0.15, -0.1) is 0 Å². The van der Waals surface area contributed by atoms with Gasteiger partial charge in [-0.1, -0.05) is 0 Å². The molecule has 1 heterocycles. The molecule has 1 aliphatic carbocycles. The van der Waals surface area contributed by atoms with E-state index in [-0.39, 0.29) is 23.7 Å². The number of anilines is 1. The summed E-state index contributed by atoms with van der Waals surface area (Å²) in [6.07, 6.45) is 1.71. The van der Waals surface area contributed by atoms with Gasteiger partial charge >= 0.3 is 0 Å². The van der Waals surface area contributed by atoms with E-state index in [0.717, 1.165) is 43.9 Å². The molecule has 0 spiro atoms. The number of aliphatic hydroxyl groups excluding tert-OH is 1. The highest BCUT2D eigenvalue weighted by atomic mass is 19.1. The molecule has 1 saturated carbocycles. The molecule has 1 amide bonds. The number of benzene rings is 1. The highest BCUT2D eigenvalue weighted by Crippen LogP contribution is 2.30. The van der Waals surface area contributed by atoms with Crippen LogP contribution in [-0.4, -0.2) is 55.2 Å². The molecule has 1 aliphatic heterocycles. The quantitative estimate of drug-likeness (QED) is 0.872. The Kier molecular flexibility index (Phi) is 5.59. The van der Waals surface area contributed by atoms with E-state index in [2.05, 4.69) is 22.2 Å². The van der Waals surface area contributed by atoms with Gasteiger partial charge in [-0.3, -0.25) is 4.79 Å². The number of carbonyl (C=O) groups excluding carboxylic acids is 1. The van der Waals surface area contributed by atoms with E-state index < -0.39 is 6.10 Å². The van der Waals surface area contributed by atoms with Gasteiger partial charge < -0.3 is 20.2 Å². The number of amides is 1. The Bertz CT molecular complexity index is 617. The molecule has 2 aliphatic rings. The van der Waals surface area contributed by atoms with E-state index >= 15 is 0 Å². The van der Waals surface area contributed by atoms with Crippen molar-refractivity contribution in [2.45, 2.75) is 38.3 Å². The number of halogens is 1. The normalized spacial score (nSPS) is 25.8. The summed E-state index contributed by atoms with van der Waals surface area (Å²) in [5, 5.41) is 12.9. The predicted molar refractivity (Wildman–Crippen MR) is 96.0 cm³/mol. The van der Waals surface area contributed by atoms with Crippen molar-refractivity contribution < 1.29 is 14.3 Å². The van der Waals surface area contributed by atoms with Gasteiger partial charge in [0, 0.05) is 37.4 Å². The fraction of sp³-hybridized carbons (Fsp3) is 0.632. The van der Waals surface area contributed by atoms with E-state index in [0.29, 0.717) is 12.8 Å². The van der Waals surface area contributed by atoms with Crippen molar-refractivity contribution in [1.29, 1.82) is 0 Å². The summed E-state index contributed by atoms with van der Waals surface area (Å²) in [6, 6.07) is 4.50.